The Morgan fingerprint density at radius 2 is 2.00 bits per heavy atom. The summed E-state index contributed by atoms with van der Waals surface area (Å²) in [5.74, 6) is -0.549. The van der Waals surface area contributed by atoms with Crippen molar-refractivity contribution in [1.82, 2.24) is 5.32 Å². The molecule has 1 amide bonds. The maximum atomic E-state index is 11.6. The number of amidine groups is 1. The molecule has 8 heteroatoms. The van der Waals surface area contributed by atoms with Gasteiger partial charge in [-0.05, 0) is 36.2 Å². The maximum Gasteiger partial charge on any atom is 0.305 e. The number of benzene rings is 1. The third-order valence-corrected chi connectivity index (χ3v) is 4.96. The van der Waals surface area contributed by atoms with E-state index in [-0.39, 0.29) is 12.3 Å². The lowest BCUT2D eigenvalue weighted by Crippen LogP contribution is -2.26. The standard InChI is InChI=1S/C19H25N3O4S/c1-2-3-4-5-6-11-26-15-9-7-14(8-10-15)13-20-22-19-21-18(25)16(27-19)12-17(23)24/h7-10,13,16H,2-6,11-12H2,1H3,(H,23,24)(H,21,22,25). The summed E-state index contributed by atoms with van der Waals surface area (Å²) in [6.07, 6.45) is 7.36. The average molecular weight is 391 g/mol. The number of carboxylic acids is 1. The number of aliphatic carboxylic acids is 1. The molecule has 0 spiro atoms. The summed E-state index contributed by atoms with van der Waals surface area (Å²) in [5.41, 5.74) is 0.853. The topological polar surface area (TPSA) is 100 Å². The van der Waals surface area contributed by atoms with Crippen LogP contribution in [0.1, 0.15) is 51.0 Å². The fraction of sp³-hybridized carbons (Fsp3) is 0.474. The number of carbonyl (C=O) groups is 2. The molecule has 0 aromatic heterocycles. The average Bonchev–Trinajstić information content (AvgIpc) is 2.98. The highest BCUT2D eigenvalue weighted by atomic mass is 32.2. The molecule has 1 aromatic carbocycles. The zero-order valence-corrected chi connectivity index (χ0v) is 16.2. The Kier molecular flexibility index (Phi) is 8.83. The van der Waals surface area contributed by atoms with Gasteiger partial charge in [-0.2, -0.15) is 5.10 Å². The number of nitrogens with one attached hydrogen (secondary N) is 1. The summed E-state index contributed by atoms with van der Waals surface area (Å²) in [4.78, 5) is 22.3. The molecule has 1 aromatic rings. The van der Waals surface area contributed by atoms with Gasteiger partial charge in [-0.25, -0.2) is 0 Å². The molecule has 0 aliphatic carbocycles. The molecule has 1 atom stereocenters. The van der Waals surface area contributed by atoms with Crippen molar-refractivity contribution in [2.45, 2.75) is 50.7 Å². The monoisotopic (exact) mass is 391 g/mol. The van der Waals surface area contributed by atoms with E-state index >= 15 is 0 Å². The zero-order chi connectivity index (χ0) is 19.5. The van der Waals surface area contributed by atoms with Crippen molar-refractivity contribution in [1.29, 1.82) is 0 Å². The number of unbranched alkanes of at least 4 members (excludes halogenated alkanes) is 4. The van der Waals surface area contributed by atoms with Gasteiger partial charge < -0.3 is 15.2 Å². The van der Waals surface area contributed by atoms with Crippen LogP contribution in [0.2, 0.25) is 0 Å². The predicted octanol–water partition coefficient (Wildman–Crippen LogP) is 3.43. The maximum absolute atomic E-state index is 11.6. The lowest BCUT2D eigenvalue weighted by Gasteiger charge is -2.06. The summed E-state index contributed by atoms with van der Waals surface area (Å²) in [5, 5.41) is 18.8. The summed E-state index contributed by atoms with van der Waals surface area (Å²) in [6.45, 7) is 2.92. The van der Waals surface area contributed by atoms with Crippen molar-refractivity contribution < 1.29 is 19.4 Å². The van der Waals surface area contributed by atoms with Crippen LogP contribution in [-0.4, -0.2) is 40.2 Å². The SMILES string of the molecule is CCCCCCCOc1ccc(C=NN=C2NC(=O)C(CC(=O)O)S2)cc1. The van der Waals surface area contributed by atoms with E-state index < -0.39 is 11.2 Å². The van der Waals surface area contributed by atoms with Gasteiger partial charge in [-0.1, -0.05) is 44.4 Å². The van der Waals surface area contributed by atoms with Gasteiger partial charge in [0.2, 0.25) is 5.91 Å². The number of carbonyl (C=O) groups excluding carboxylic acids is 1. The molecule has 0 radical (unpaired) electrons. The Morgan fingerprint density at radius 3 is 2.70 bits per heavy atom. The smallest absolute Gasteiger partial charge is 0.305 e. The van der Waals surface area contributed by atoms with Crippen LogP contribution >= 0.6 is 11.8 Å². The molecule has 146 valence electrons. The second-order valence-electron chi connectivity index (χ2n) is 6.18. The minimum Gasteiger partial charge on any atom is -0.494 e. The molecular weight excluding hydrogens is 366 g/mol. The molecule has 27 heavy (non-hydrogen) atoms. The molecule has 2 N–H and O–H groups in total. The van der Waals surface area contributed by atoms with Crippen LogP contribution in [-0.2, 0) is 9.59 Å². The summed E-state index contributed by atoms with van der Waals surface area (Å²) in [7, 11) is 0. The number of nitrogens with zero attached hydrogens (tertiary/aromatic N) is 2. The number of hydrogen-bond acceptors (Lipinski definition) is 6. The summed E-state index contributed by atoms with van der Waals surface area (Å²) < 4.78 is 5.71. The van der Waals surface area contributed by atoms with Crippen molar-refractivity contribution in [3.05, 3.63) is 29.8 Å². The zero-order valence-electron chi connectivity index (χ0n) is 15.4. The third kappa shape index (κ3) is 7.82. The highest BCUT2D eigenvalue weighted by Gasteiger charge is 2.32. The van der Waals surface area contributed by atoms with Gasteiger partial charge in [-0.15, -0.1) is 5.10 Å². The number of rotatable bonds is 11. The van der Waals surface area contributed by atoms with Gasteiger partial charge in [0, 0.05) is 0 Å². The predicted molar refractivity (Wildman–Crippen MR) is 107 cm³/mol. The van der Waals surface area contributed by atoms with Gasteiger partial charge in [0.25, 0.3) is 0 Å². The Balaban J connectivity index is 1.75. The fourth-order valence-electron chi connectivity index (χ4n) is 2.44. The molecule has 2 rings (SSSR count). The normalized spacial score (nSPS) is 18.2. The molecule has 1 heterocycles. The second-order valence-corrected chi connectivity index (χ2v) is 7.37. The van der Waals surface area contributed by atoms with Crippen molar-refractivity contribution in [3.8, 4) is 5.75 Å². The quantitative estimate of drug-likeness (QED) is 0.342. The van der Waals surface area contributed by atoms with Crippen LogP contribution in [0.5, 0.6) is 5.75 Å². The van der Waals surface area contributed by atoms with Crippen molar-refractivity contribution >= 4 is 35.0 Å². The van der Waals surface area contributed by atoms with E-state index in [1.807, 2.05) is 24.3 Å². The lowest BCUT2D eigenvalue weighted by atomic mass is 10.2. The van der Waals surface area contributed by atoms with Crippen LogP contribution in [0.25, 0.3) is 0 Å². The lowest BCUT2D eigenvalue weighted by molar-refractivity contribution is -0.138. The van der Waals surface area contributed by atoms with Crippen LogP contribution in [0.3, 0.4) is 0 Å². The minimum atomic E-state index is -1.02. The summed E-state index contributed by atoms with van der Waals surface area (Å²) >= 11 is 1.08. The molecule has 1 fully saturated rings. The van der Waals surface area contributed by atoms with Gasteiger partial charge in [0.15, 0.2) is 5.17 Å². The van der Waals surface area contributed by atoms with Gasteiger partial charge in [-0.3, -0.25) is 9.59 Å². The Morgan fingerprint density at radius 1 is 1.26 bits per heavy atom. The Labute approximate surface area is 163 Å². The third-order valence-electron chi connectivity index (χ3n) is 3.89. The van der Waals surface area contributed by atoms with E-state index in [4.69, 9.17) is 9.84 Å². The van der Waals surface area contributed by atoms with Crippen molar-refractivity contribution in [2.75, 3.05) is 6.61 Å². The first-order valence-corrected chi connectivity index (χ1v) is 9.99. The first kappa shape index (κ1) is 21.0. The second kappa shape index (κ2) is 11.4. The fourth-order valence-corrected chi connectivity index (χ4v) is 3.35. The number of hydrogen-bond donors (Lipinski definition) is 2. The molecule has 1 aliphatic heterocycles. The van der Waals surface area contributed by atoms with Crippen molar-refractivity contribution in [2.24, 2.45) is 10.2 Å². The van der Waals surface area contributed by atoms with Crippen molar-refractivity contribution in [3.63, 3.8) is 0 Å². The number of ether oxygens (including phenoxy) is 1. The van der Waals surface area contributed by atoms with Gasteiger partial charge in [0.05, 0.1) is 19.2 Å². The molecule has 1 aliphatic rings. The van der Waals surface area contributed by atoms with Crippen LogP contribution in [0.4, 0.5) is 0 Å². The molecule has 1 unspecified atom stereocenters. The first-order chi connectivity index (χ1) is 13.1. The molecular formula is C19H25N3O4S. The van der Waals surface area contributed by atoms with E-state index in [1.165, 1.54) is 25.7 Å². The number of thioether (sulfide) groups is 1. The number of carboxylic acid groups (broad SMARTS) is 1. The largest absolute Gasteiger partial charge is 0.494 e. The van der Waals surface area contributed by atoms with Crippen LogP contribution in [0.15, 0.2) is 34.5 Å². The van der Waals surface area contributed by atoms with Gasteiger partial charge >= 0.3 is 5.97 Å². The van der Waals surface area contributed by atoms with Crippen LogP contribution < -0.4 is 10.1 Å². The van der Waals surface area contributed by atoms with E-state index in [2.05, 4.69) is 22.4 Å². The van der Waals surface area contributed by atoms with E-state index in [0.717, 1.165) is 36.1 Å². The Bertz CT molecular complexity index is 689. The Hall–Kier alpha value is -2.35. The van der Waals surface area contributed by atoms with Gasteiger partial charge in [0.1, 0.15) is 11.0 Å². The molecule has 0 bridgehead atoms. The molecule has 7 nitrogen and oxygen atoms in total. The highest BCUT2D eigenvalue weighted by Crippen LogP contribution is 2.22. The molecule has 0 saturated carbocycles. The summed E-state index contributed by atoms with van der Waals surface area (Å²) in [6, 6.07) is 7.53. The van der Waals surface area contributed by atoms with E-state index in [1.54, 1.807) is 6.21 Å². The highest BCUT2D eigenvalue weighted by molar-refractivity contribution is 8.15. The minimum absolute atomic E-state index is 0.237. The first-order valence-electron chi connectivity index (χ1n) is 9.11. The van der Waals surface area contributed by atoms with E-state index in [9.17, 15) is 9.59 Å². The number of amides is 1. The van der Waals surface area contributed by atoms with Crippen LogP contribution in [0, 0.1) is 0 Å². The van der Waals surface area contributed by atoms with E-state index in [0.29, 0.717) is 5.17 Å². The molecule has 1 saturated heterocycles.